The summed E-state index contributed by atoms with van der Waals surface area (Å²) in [5.74, 6) is 5.73. The van der Waals surface area contributed by atoms with Crippen LogP contribution in [0.5, 0.6) is 0 Å². The molecule has 276 valence electrons. The van der Waals surface area contributed by atoms with E-state index in [2.05, 4.69) is 122 Å². The number of fused-ring (bicyclic) bond motifs is 6. The van der Waals surface area contributed by atoms with Crippen LogP contribution in [0.25, 0.3) is 33.1 Å². The minimum absolute atomic E-state index is 0.149. The van der Waals surface area contributed by atoms with E-state index < -0.39 is 0 Å². The number of para-hydroxylation sites is 1. The van der Waals surface area contributed by atoms with Crippen LogP contribution in [0.4, 0.5) is 17.1 Å². The zero-order chi connectivity index (χ0) is 36.3. The molecule has 1 aromatic heterocycles. The van der Waals surface area contributed by atoms with Gasteiger partial charge < -0.3 is 9.32 Å². The number of hydrogen-bond acceptors (Lipinski definition) is 2. The molecule has 55 heavy (non-hydrogen) atoms. The molecule has 0 aliphatic heterocycles. The molecule has 2 nitrogen and oxygen atoms in total. The average molecular weight is 720 g/mol. The van der Waals surface area contributed by atoms with Crippen molar-refractivity contribution in [1.29, 1.82) is 0 Å². The van der Waals surface area contributed by atoms with Crippen LogP contribution in [0.1, 0.15) is 113 Å². The molecule has 6 aromatic rings. The van der Waals surface area contributed by atoms with Crippen LogP contribution in [0.15, 0.2) is 108 Å². The molecule has 0 atom stereocenters. The smallest absolute Gasteiger partial charge is 0.135 e. The first-order valence-corrected chi connectivity index (χ1v) is 21.9. The summed E-state index contributed by atoms with van der Waals surface area (Å²) in [5, 5.41) is 2.41. The Labute approximate surface area is 326 Å². The summed E-state index contributed by atoms with van der Waals surface area (Å²) in [5.41, 5.74) is 15.1. The van der Waals surface area contributed by atoms with Crippen LogP contribution in [0.2, 0.25) is 0 Å². The Hall–Kier alpha value is -4.30. The lowest BCUT2D eigenvalue weighted by molar-refractivity contribution is -0.00529. The lowest BCUT2D eigenvalue weighted by Crippen LogP contribution is -2.48. The van der Waals surface area contributed by atoms with Gasteiger partial charge in [0.05, 0.1) is 0 Å². The summed E-state index contributed by atoms with van der Waals surface area (Å²) < 4.78 is 6.41. The highest BCUT2D eigenvalue weighted by molar-refractivity contribution is 6.07. The molecule has 8 bridgehead atoms. The normalized spacial score (nSPS) is 33.1. The van der Waals surface area contributed by atoms with Gasteiger partial charge in [-0.1, -0.05) is 62.4 Å². The van der Waals surface area contributed by atoms with Gasteiger partial charge in [-0.15, -0.1) is 0 Å². The van der Waals surface area contributed by atoms with E-state index in [0.717, 1.165) is 46.7 Å². The summed E-state index contributed by atoms with van der Waals surface area (Å²) in [4.78, 5) is 2.56. The lowest BCUT2D eigenvalue weighted by atomic mass is 9.48. The van der Waals surface area contributed by atoms with E-state index in [1.54, 1.807) is 11.1 Å². The fraction of sp³-hybridized carbons (Fsp3) is 0.434. The molecule has 9 aliphatic carbocycles. The van der Waals surface area contributed by atoms with Crippen LogP contribution >= 0.6 is 0 Å². The molecule has 8 fully saturated rings. The van der Waals surface area contributed by atoms with Gasteiger partial charge in [-0.05, 0) is 211 Å². The number of nitrogens with zero attached hydrogens (tertiary/aromatic N) is 1. The maximum atomic E-state index is 6.41. The minimum Gasteiger partial charge on any atom is -0.456 e. The summed E-state index contributed by atoms with van der Waals surface area (Å²) >= 11 is 0. The fourth-order valence-electron chi connectivity index (χ4n) is 15.4. The molecule has 0 spiro atoms. The van der Waals surface area contributed by atoms with Crippen molar-refractivity contribution >= 4 is 39.0 Å². The second-order valence-electron chi connectivity index (χ2n) is 20.7. The molecule has 5 aromatic carbocycles. The molecule has 8 saturated carbocycles. The third-order valence-electron chi connectivity index (χ3n) is 17.0. The lowest BCUT2D eigenvalue weighted by Gasteiger charge is -2.57. The number of hydrogen-bond donors (Lipinski definition) is 0. The summed E-state index contributed by atoms with van der Waals surface area (Å²) in [6, 6.07) is 40.5. The third-order valence-corrected chi connectivity index (χ3v) is 17.0. The minimum atomic E-state index is -0.149. The fourth-order valence-corrected chi connectivity index (χ4v) is 15.4. The van der Waals surface area contributed by atoms with Crippen molar-refractivity contribution in [2.24, 2.45) is 35.5 Å². The summed E-state index contributed by atoms with van der Waals surface area (Å²) in [6.45, 7) is 4.81. The zero-order valence-electron chi connectivity index (χ0n) is 32.6. The first-order valence-electron chi connectivity index (χ1n) is 21.9. The van der Waals surface area contributed by atoms with Crippen LogP contribution in [0, 0.1) is 35.5 Å². The highest BCUT2D eigenvalue weighted by atomic mass is 16.3. The van der Waals surface area contributed by atoms with Gasteiger partial charge in [-0.2, -0.15) is 0 Å². The van der Waals surface area contributed by atoms with Crippen LogP contribution in [-0.4, -0.2) is 0 Å². The SMILES string of the molecule is CC1(C)c2cc(N(c3ccc(C45CC6CC(CC(C6)C4)C5)cc3)c3ccc(C45CC6CC(CC(C6)C4)C5)cc3)ccc2-c2cc3c(cc21)oc1ccccc13. The van der Waals surface area contributed by atoms with E-state index in [9.17, 15) is 0 Å². The van der Waals surface area contributed by atoms with Crippen LogP contribution in [0.3, 0.4) is 0 Å². The van der Waals surface area contributed by atoms with Crippen molar-refractivity contribution in [3.63, 3.8) is 0 Å². The van der Waals surface area contributed by atoms with Crippen molar-refractivity contribution < 1.29 is 4.42 Å². The molecule has 0 unspecified atom stereocenters. The van der Waals surface area contributed by atoms with Gasteiger partial charge >= 0.3 is 0 Å². The molecular weight excluding hydrogens is 667 g/mol. The molecule has 1 heterocycles. The molecule has 0 saturated heterocycles. The molecule has 15 rings (SSSR count). The topological polar surface area (TPSA) is 16.4 Å². The molecule has 0 N–H and O–H groups in total. The Morgan fingerprint density at radius 2 is 0.927 bits per heavy atom. The van der Waals surface area contributed by atoms with Crippen molar-refractivity contribution in [1.82, 2.24) is 0 Å². The van der Waals surface area contributed by atoms with Crippen molar-refractivity contribution in [2.45, 2.75) is 107 Å². The van der Waals surface area contributed by atoms with Crippen molar-refractivity contribution in [3.8, 4) is 11.1 Å². The van der Waals surface area contributed by atoms with Gasteiger partial charge in [0.15, 0.2) is 0 Å². The molecular formula is C53H53NO. The summed E-state index contributed by atoms with van der Waals surface area (Å²) in [6.07, 6.45) is 17.4. The second kappa shape index (κ2) is 11.0. The first-order chi connectivity index (χ1) is 26.8. The third kappa shape index (κ3) is 4.55. The van der Waals surface area contributed by atoms with Crippen molar-refractivity contribution in [3.05, 3.63) is 125 Å². The Bertz CT molecular complexity index is 2370. The largest absolute Gasteiger partial charge is 0.456 e. The predicted octanol–water partition coefficient (Wildman–Crippen LogP) is 14.3. The average Bonchev–Trinajstić information content (AvgIpc) is 3.64. The second-order valence-corrected chi connectivity index (χ2v) is 20.7. The Kier molecular flexibility index (Phi) is 6.35. The van der Waals surface area contributed by atoms with E-state index in [1.807, 2.05) is 0 Å². The first kappa shape index (κ1) is 31.9. The monoisotopic (exact) mass is 719 g/mol. The summed E-state index contributed by atoms with van der Waals surface area (Å²) in [7, 11) is 0. The predicted molar refractivity (Wildman–Crippen MR) is 226 cm³/mol. The quantitative estimate of drug-likeness (QED) is 0.176. The Morgan fingerprint density at radius 3 is 1.45 bits per heavy atom. The maximum absolute atomic E-state index is 6.41. The van der Waals surface area contributed by atoms with E-state index in [0.29, 0.717) is 10.8 Å². The van der Waals surface area contributed by atoms with Gasteiger partial charge in [-0.25, -0.2) is 0 Å². The van der Waals surface area contributed by atoms with Gasteiger partial charge in [0, 0.05) is 33.2 Å². The highest BCUT2D eigenvalue weighted by Gasteiger charge is 2.53. The van der Waals surface area contributed by atoms with E-state index >= 15 is 0 Å². The Balaban J connectivity index is 0.914. The van der Waals surface area contributed by atoms with E-state index in [1.165, 1.54) is 127 Å². The Morgan fingerprint density at radius 1 is 0.455 bits per heavy atom. The molecule has 2 heteroatoms. The number of rotatable bonds is 5. The van der Waals surface area contributed by atoms with Crippen LogP contribution < -0.4 is 4.90 Å². The van der Waals surface area contributed by atoms with E-state index in [-0.39, 0.29) is 5.41 Å². The number of anilines is 3. The number of benzene rings is 5. The van der Waals surface area contributed by atoms with Gasteiger partial charge in [0.25, 0.3) is 0 Å². The van der Waals surface area contributed by atoms with E-state index in [4.69, 9.17) is 4.42 Å². The molecule has 9 aliphatic rings. The standard InChI is InChI=1S/C53H53NO/c1-51(2)47-23-42(15-16-43(47)45-24-46-44-5-3-4-6-49(44)55-50(46)25-48(45)51)54(40-11-7-38(8-12-40)52-26-32-17-33(27-52)19-34(18-32)28-52)41-13-9-39(10-14-41)53-29-35-20-36(30-53)22-37(21-35)31-53/h3-16,23-25,32-37H,17-22,26-31H2,1-2H3. The van der Waals surface area contributed by atoms with Crippen LogP contribution in [-0.2, 0) is 16.2 Å². The van der Waals surface area contributed by atoms with Crippen molar-refractivity contribution in [2.75, 3.05) is 4.90 Å². The highest BCUT2D eigenvalue weighted by Crippen LogP contribution is 2.62. The van der Waals surface area contributed by atoms with Gasteiger partial charge in [0.1, 0.15) is 11.2 Å². The van der Waals surface area contributed by atoms with Gasteiger partial charge in [-0.3, -0.25) is 0 Å². The molecule has 0 amide bonds. The molecule has 0 radical (unpaired) electrons. The number of furan rings is 1. The maximum Gasteiger partial charge on any atom is 0.135 e. The van der Waals surface area contributed by atoms with Gasteiger partial charge in [0.2, 0.25) is 0 Å². The zero-order valence-corrected chi connectivity index (χ0v) is 32.6.